The maximum absolute atomic E-state index is 12.4. The monoisotopic (exact) mass is 340 g/mol. The van der Waals surface area contributed by atoms with Crippen molar-refractivity contribution in [3.8, 4) is 0 Å². The summed E-state index contributed by atoms with van der Waals surface area (Å²) in [5.74, 6) is -0.0939. The van der Waals surface area contributed by atoms with E-state index in [4.69, 9.17) is 0 Å². The Kier molecular flexibility index (Phi) is 4.34. The average molecular weight is 340 g/mol. The summed E-state index contributed by atoms with van der Waals surface area (Å²) in [4.78, 5) is 29.5. The van der Waals surface area contributed by atoms with Crippen molar-refractivity contribution >= 4 is 22.8 Å². The van der Waals surface area contributed by atoms with Crippen LogP contribution in [0, 0.1) is 0 Å². The fourth-order valence-electron chi connectivity index (χ4n) is 3.98. The SMILES string of the molecule is O=C(CNC(=O)N1CCc2c([nH]c3ccccc23)C1)NC1CCCC1. The summed E-state index contributed by atoms with van der Waals surface area (Å²) in [5.41, 5.74) is 3.52. The maximum Gasteiger partial charge on any atom is 0.318 e. The van der Waals surface area contributed by atoms with E-state index in [1.807, 2.05) is 12.1 Å². The van der Waals surface area contributed by atoms with Gasteiger partial charge >= 0.3 is 6.03 Å². The minimum Gasteiger partial charge on any atom is -0.357 e. The van der Waals surface area contributed by atoms with Gasteiger partial charge in [-0.05, 0) is 30.9 Å². The zero-order valence-electron chi connectivity index (χ0n) is 14.3. The lowest BCUT2D eigenvalue weighted by atomic mass is 10.0. The number of benzene rings is 1. The summed E-state index contributed by atoms with van der Waals surface area (Å²) in [7, 11) is 0. The van der Waals surface area contributed by atoms with E-state index in [0.717, 1.165) is 30.5 Å². The Morgan fingerprint density at radius 3 is 2.84 bits per heavy atom. The van der Waals surface area contributed by atoms with Gasteiger partial charge in [0.2, 0.25) is 5.91 Å². The molecule has 3 N–H and O–H groups in total. The molecule has 4 rings (SSSR count). The van der Waals surface area contributed by atoms with Crippen LogP contribution in [0.2, 0.25) is 0 Å². The van der Waals surface area contributed by atoms with Crippen LogP contribution in [0.5, 0.6) is 0 Å². The minimum absolute atomic E-state index is 0.0470. The predicted molar refractivity (Wildman–Crippen MR) is 96.2 cm³/mol. The van der Waals surface area contributed by atoms with Crippen molar-refractivity contribution in [2.24, 2.45) is 0 Å². The number of urea groups is 1. The lowest BCUT2D eigenvalue weighted by Gasteiger charge is -2.27. The quantitative estimate of drug-likeness (QED) is 0.802. The lowest BCUT2D eigenvalue weighted by Crippen LogP contribution is -2.47. The number of H-pyrrole nitrogens is 1. The number of hydrogen-bond donors (Lipinski definition) is 3. The minimum atomic E-state index is -0.175. The molecular formula is C19H24N4O2. The smallest absolute Gasteiger partial charge is 0.318 e. The molecule has 1 aromatic carbocycles. The highest BCUT2D eigenvalue weighted by Gasteiger charge is 2.24. The molecule has 6 heteroatoms. The first-order chi connectivity index (χ1) is 12.2. The molecule has 1 aromatic heterocycles. The molecule has 0 atom stereocenters. The highest BCUT2D eigenvalue weighted by atomic mass is 16.2. The lowest BCUT2D eigenvalue weighted by molar-refractivity contribution is -0.120. The van der Waals surface area contributed by atoms with Crippen molar-refractivity contribution in [3.05, 3.63) is 35.5 Å². The first-order valence-corrected chi connectivity index (χ1v) is 9.11. The summed E-state index contributed by atoms with van der Waals surface area (Å²) in [6.07, 6.45) is 5.29. The van der Waals surface area contributed by atoms with E-state index < -0.39 is 0 Å². The third kappa shape index (κ3) is 3.34. The van der Waals surface area contributed by atoms with E-state index in [-0.39, 0.29) is 24.5 Å². The fraction of sp³-hybridized carbons (Fsp3) is 0.474. The van der Waals surface area contributed by atoms with Gasteiger partial charge in [-0.2, -0.15) is 0 Å². The number of amides is 3. The van der Waals surface area contributed by atoms with E-state index in [2.05, 4.69) is 27.8 Å². The van der Waals surface area contributed by atoms with Gasteiger partial charge in [-0.25, -0.2) is 4.79 Å². The van der Waals surface area contributed by atoms with Gasteiger partial charge in [0.25, 0.3) is 0 Å². The Morgan fingerprint density at radius 2 is 2.00 bits per heavy atom. The molecule has 2 aromatic rings. The second kappa shape index (κ2) is 6.78. The normalized spacial score (nSPS) is 17.5. The molecule has 1 fully saturated rings. The Morgan fingerprint density at radius 1 is 1.20 bits per heavy atom. The summed E-state index contributed by atoms with van der Waals surface area (Å²) in [6.45, 7) is 1.27. The van der Waals surface area contributed by atoms with Gasteiger partial charge in [-0.3, -0.25) is 4.79 Å². The number of aromatic nitrogens is 1. The Hall–Kier alpha value is -2.50. The third-order valence-electron chi connectivity index (χ3n) is 5.29. The largest absolute Gasteiger partial charge is 0.357 e. The van der Waals surface area contributed by atoms with Crippen LogP contribution in [0.3, 0.4) is 0 Å². The van der Waals surface area contributed by atoms with E-state index in [0.29, 0.717) is 13.1 Å². The molecule has 0 bridgehead atoms. The molecule has 0 radical (unpaired) electrons. The van der Waals surface area contributed by atoms with Crippen LogP contribution >= 0.6 is 0 Å². The highest BCUT2D eigenvalue weighted by Crippen LogP contribution is 2.27. The standard InChI is InChI=1S/C19H24N4O2/c24-18(21-13-5-1-2-6-13)11-20-19(25)23-10-9-15-14-7-3-4-8-16(14)22-17(15)12-23/h3-4,7-8,13,22H,1-2,5-6,9-12H2,(H,20,25)(H,21,24). The number of aromatic amines is 1. The zero-order valence-corrected chi connectivity index (χ0v) is 14.3. The van der Waals surface area contributed by atoms with Gasteiger partial charge in [-0.15, -0.1) is 0 Å². The van der Waals surface area contributed by atoms with Crippen molar-refractivity contribution in [1.82, 2.24) is 20.5 Å². The summed E-state index contributed by atoms with van der Waals surface area (Å²) < 4.78 is 0. The van der Waals surface area contributed by atoms with Crippen molar-refractivity contribution in [3.63, 3.8) is 0 Å². The highest BCUT2D eigenvalue weighted by molar-refractivity contribution is 5.86. The van der Waals surface area contributed by atoms with E-state index >= 15 is 0 Å². The summed E-state index contributed by atoms with van der Waals surface area (Å²) in [6, 6.07) is 8.34. The van der Waals surface area contributed by atoms with Crippen LogP contribution in [-0.2, 0) is 17.8 Å². The van der Waals surface area contributed by atoms with Crippen LogP contribution in [-0.4, -0.2) is 41.0 Å². The number of para-hydroxylation sites is 1. The first-order valence-electron chi connectivity index (χ1n) is 9.11. The van der Waals surface area contributed by atoms with Gasteiger partial charge in [0.1, 0.15) is 0 Å². The van der Waals surface area contributed by atoms with E-state index in [9.17, 15) is 9.59 Å². The molecule has 2 aliphatic rings. The number of carbonyl (C=O) groups excluding carboxylic acids is 2. The maximum atomic E-state index is 12.4. The van der Waals surface area contributed by atoms with Gasteiger partial charge in [-0.1, -0.05) is 31.0 Å². The molecule has 1 saturated carbocycles. The van der Waals surface area contributed by atoms with Crippen LogP contribution < -0.4 is 10.6 Å². The number of fused-ring (bicyclic) bond motifs is 3. The molecule has 2 heterocycles. The molecule has 0 spiro atoms. The molecule has 1 aliphatic carbocycles. The van der Waals surface area contributed by atoms with Gasteiger partial charge < -0.3 is 20.5 Å². The van der Waals surface area contributed by atoms with Crippen molar-refractivity contribution < 1.29 is 9.59 Å². The number of nitrogens with zero attached hydrogens (tertiary/aromatic N) is 1. The number of carbonyl (C=O) groups is 2. The molecule has 3 amide bonds. The molecule has 0 saturated heterocycles. The van der Waals surface area contributed by atoms with E-state index in [1.165, 1.54) is 23.8 Å². The average Bonchev–Trinajstić information content (AvgIpc) is 3.26. The Labute approximate surface area is 147 Å². The summed E-state index contributed by atoms with van der Waals surface area (Å²) >= 11 is 0. The Bertz CT molecular complexity index is 792. The molecule has 0 unspecified atom stereocenters. The van der Waals surface area contributed by atoms with Crippen LogP contribution in [0.4, 0.5) is 4.79 Å². The second-order valence-corrected chi connectivity index (χ2v) is 7.01. The first kappa shape index (κ1) is 16.0. The van der Waals surface area contributed by atoms with Crippen LogP contribution in [0.1, 0.15) is 36.9 Å². The molecular weight excluding hydrogens is 316 g/mol. The van der Waals surface area contributed by atoms with Crippen LogP contribution in [0.15, 0.2) is 24.3 Å². The van der Waals surface area contributed by atoms with E-state index in [1.54, 1.807) is 4.90 Å². The van der Waals surface area contributed by atoms with Crippen LogP contribution in [0.25, 0.3) is 10.9 Å². The topological polar surface area (TPSA) is 77.2 Å². The van der Waals surface area contributed by atoms with Crippen molar-refractivity contribution in [2.45, 2.75) is 44.7 Å². The number of rotatable bonds is 3. The van der Waals surface area contributed by atoms with Gasteiger partial charge in [0, 0.05) is 29.2 Å². The zero-order chi connectivity index (χ0) is 17.2. The molecule has 6 nitrogen and oxygen atoms in total. The molecule has 25 heavy (non-hydrogen) atoms. The van der Waals surface area contributed by atoms with Crippen molar-refractivity contribution in [1.29, 1.82) is 0 Å². The Balaban J connectivity index is 1.33. The fourth-order valence-corrected chi connectivity index (χ4v) is 3.98. The second-order valence-electron chi connectivity index (χ2n) is 7.01. The summed E-state index contributed by atoms with van der Waals surface area (Å²) in [5, 5.41) is 6.99. The third-order valence-corrected chi connectivity index (χ3v) is 5.29. The number of nitrogens with one attached hydrogen (secondary N) is 3. The van der Waals surface area contributed by atoms with Gasteiger partial charge in [0.15, 0.2) is 0 Å². The predicted octanol–water partition coefficient (Wildman–Crippen LogP) is 2.29. The van der Waals surface area contributed by atoms with Crippen molar-refractivity contribution in [2.75, 3.05) is 13.1 Å². The van der Waals surface area contributed by atoms with Gasteiger partial charge in [0.05, 0.1) is 13.1 Å². The molecule has 1 aliphatic heterocycles. The molecule has 132 valence electrons. The number of hydrogen-bond acceptors (Lipinski definition) is 2.